The molecule has 0 unspecified atom stereocenters. The maximum atomic E-state index is 12.6. The summed E-state index contributed by atoms with van der Waals surface area (Å²) >= 11 is 6.25. The molecule has 9 heteroatoms. The molecule has 2 heterocycles. The third-order valence-corrected chi connectivity index (χ3v) is 4.11. The fourth-order valence-electron chi connectivity index (χ4n) is 2.46. The lowest BCUT2D eigenvalue weighted by Crippen LogP contribution is -2.39. The van der Waals surface area contributed by atoms with Crippen LogP contribution in [0.3, 0.4) is 0 Å². The molecular formula is C17H23ClN6O2. The minimum absolute atomic E-state index is 0.126. The van der Waals surface area contributed by atoms with Gasteiger partial charge in [-0.3, -0.25) is 9.78 Å². The normalized spacial score (nSPS) is 10.5. The Morgan fingerprint density at radius 2 is 2.00 bits per heavy atom. The SMILES string of the molecule is CCN(C(=O)CCN(C)C(=O)N(C)C)c1cn(-c2cccnc2)nc1Cl. The van der Waals surface area contributed by atoms with E-state index in [1.165, 1.54) is 9.80 Å². The molecule has 0 aliphatic heterocycles. The third-order valence-electron chi connectivity index (χ3n) is 3.84. The van der Waals surface area contributed by atoms with E-state index in [0.717, 1.165) is 5.69 Å². The summed E-state index contributed by atoms with van der Waals surface area (Å²) in [6.07, 6.45) is 5.23. The van der Waals surface area contributed by atoms with Crippen molar-refractivity contribution in [2.24, 2.45) is 0 Å². The van der Waals surface area contributed by atoms with E-state index < -0.39 is 0 Å². The van der Waals surface area contributed by atoms with Crippen molar-refractivity contribution in [3.05, 3.63) is 35.9 Å². The smallest absolute Gasteiger partial charge is 0.319 e. The highest BCUT2D eigenvalue weighted by atomic mass is 35.5. The number of nitrogens with zero attached hydrogens (tertiary/aromatic N) is 6. The zero-order chi connectivity index (χ0) is 19.3. The zero-order valence-electron chi connectivity index (χ0n) is 15.4. The number of carbonyl (C=O) groups is 2. The van der Waals surface area contributed by atoms with Gasteiger partial charge >= 0.3 is 6.03 Å². The predicted octanol–water partition coefficient (Wildman–Crippen LogP) is 2.28. The molecule has 0 aliphatic rings. The van der Waals surface area contributed by atoms with E-state index in [1.807, 2.05) is 13.0 Å². The van der Waals surface area contributed by atoms with Crippen LogP contribution in [-0.2, 0) is 4.79 Å². The molecule has 0 fully saturated rings. The minimum Gasteiger partial charge on any atom is -0.331 e. The highest BCUT2D eigenvalue weighted by Crippen LogP contribution is 2.26. The molecule has 3 amide bonds. The first-order valence-electron chi connectivity index (χ1n) is 8.23. The second-order valence-electron chi connectivity index (χ2n) is 5.95. The average Bonchev–Trinajstić information content (AvgIpc) is 3.02. The maximum absolute atomic E-state index is 12.6. The van der Waals surface area contributed by atoms with Crippen molar-refractivity contribution in [1.29, 1.82) is 0 Å². The number of hydrogen-bond donors (Lipinski definition) is 0. The van der Waals surface area contributed by atoms with E-state index in [4.69, 9.17) is 11.6 Å². The lowest BCUT2D eigenvalue weighted by atomic mass is 10.3. The van der Waals surface area contributed by atoms with Crippen molar-refractivity contribution >= 4 is 29.2 Å². The summed E-state index contributed by atoms with van der Waals surface area (Å²) in [6.45, 7) is 2.63. The average molecular weight is 379 g/mol. The van der Waals surface area contributed by atoms with E-state index in [9.17, 15) is 9.59 Å². The van der Waals surface area contributed by atoms with E-state index in [0.29, 0.717) is 18.8 Å². The molecule has 0 spiro atoms. The van der Waals surface area contributed by atoms with Gasteiger partial charge in [-0.2, -0.15) is 5.10 Å². The summed E-state index contributed by atoms with van der Waals surface area (Å²) < 4.78 is 1.59. The summed E-state index contributed by atoms with van der Waals surface area (Å²) in [7, 11) is 5.01. The second kappa shape index (κ2) is 8.66. The molecule has 0 atom stereocenters. The van der Waals surface area contributed by atoms with E-state index >= 15 is 0 Å². The van der Waals surface area contributed by atoms with Crippen LogP contribution in [0.2, 0.25) is 5.15 Å². The summed E-state index contributed by atoms with van der Waals surface area (Å²) in [6, 6.07) is 3.49. The fourth-order valence-corrected chi connectivity index (χ4v) is 2.70. The molecule has 8 nitrogen and oxygen atoms in total. The number of rotatable bonds is 6. The van der Waals surface area contributed by atoms with Crippen molar-refractivity contribution < 1.29 is 9.59 Å². The van der Waals surface area contributed by atoms with Crippen molar-refractivity contribution in [2.75, 3.05) is 39.1 Å². The van der Waals surface area contributed by atoms with Gasteiger partial charge in [-0.05, 0) is 19.1 Å². The molecule has 2 aromatic rings. The highest BCUT2D eigenvalue weighted by Gasteiger charge is 2.21. The number of anilines is 1. The lowest BCUT2D eigenvalue weighted by molar-refractivity contribution is -0.118. The number of urea groups is 1. The Kier molecular flexibility index (Phi) is 6.57. The summed E-state index contributed by atoms with van der Waals surface area (Å²) in [5.41, 5.74) is 1.28. The number of halogens is 1. The molecule has 2 aromatic heterocycles. The summed E-state index contributed by atoms with van der Waals surface area (Å²) in [4.78, 5) is 33.1. The van der Waals surface area contributed by atoms with Crippen LogP contribution in [-0.4, -0.2) is 70.7 Å². The van der Waals surface area contributed by atoms with E-state index in [2.05, 4.69) is 10.1 Å². The number of pyridine rings is 1. The summed E-state index contributed by atoms with van der Waals surface area (Å²) in [5.74, 6) is -0.126. The van der Waals surface area contributed by atoms with Crippen molar-refractivity contribution in [3.63, 3.8) is 0 Å². The maximum Gasteiger partial charge on any atom is 0.319 e. The minimum atomic E-state index is -0.150. The largest absolute Gasteiger partial charge is 0.331 e. The van der Waals surface area contributed by atoms with Crippen molar-refractivity contribution in [1.82, 2.24) is 24.6 Å². The number of amides is 3. The standard InChI is InChI=1S/C17H23ClN6O2/c1-5-23(15(25)8-10-22(4)17(26)21(2)3)14-12-24(20-16(14)18)13-7-6-9-19-11-13/h6-7,9,11-12H,5,8,10H2,1-4H3. The topological polar surface area (TPSA) is 74.6 Å². The van der Waals surface area contributed by atoms with Gasteiger partial charge < -0.3 is 14.7 Å². The molecule has 0 aliphatic carbocycles. The summed E-state index contributed by atoms with van der Waals surface area (Å²) in [5, 5.41) is 4.49. The van der Waals surface area contributed by atoms with E-state index in [-0.39, 0.29) is 23.5 Å². The second-order valence-corrected chi connectivity index (χ2v) is 6.31. The molecular weight excluding hydrogens is 356 g/mol. The van der Waals surface area contributed by atoms with Gasteiger partial charge in [-0.25, -0.2) is 9.48 Å². The van der Waals surface area contributed by atoms with Gasteiger partial charge in [0, 0.05) is 46.9 Å². The quantitative estimate of drug-likeness (QED) is 0.772. The van der Waals surface area contributed by atoms with Gasteiger partial charge in [0.1, 0.15) is 5.69 Å². The molecule has 0 radical (unpaired) electrons. The van der Waals surface area contributed by atoms with Crippen LogP contribution in [0, 0.1) is 0 Å². The first-order chi connectivity index (χ1) is 12.3. The van der Waals surface area contributed by atoms with Crippen molar-refractivity contribution in [2.45, 2.75) is 13.3 Å². The Hall–Kier alpha value is -2.61. The Morgan fingerprint density at radius 3 is 2.58 bits per heavy atom. The van der Waals surface area contributed by atoms with Gasteiger partial charge in [0.15, 0.2) is 5.15 Å². The first kappa shape index (κ1) is 19.7. The Labute approximate surface area is 158 Å². The Bertz CT molecular complexity index is 762. The molecule has 0 saturated heterocycles. The molecule has 26 heavy (non-hydrogen) atoms. The molecule has 2 rings (SSSR count). The van der Waals surface area contributed by atoms with Crippen molar-refractivity contribution in [3.8, 4) is 5.69 Å². The van der Waals surface area contributed by atoms with Gasteiger partial charge in [0.25, 0.3) is 0 Å². The number of aromatic nitrogens is 3. The van der Waals surface area contributed by atoms with Gasteiger partial charge in [0.2, 0.25) is 5.91 Å². The van der Waals surface area contributed by atoms with Crippen LogP contribution in [0.15, 0.2) is 30.7 Å². The van der Waals surface area contributed by atoms with Crippen LogP contribution in [0.4, 0.5) is 10.5 Å². The van der Waals surface area contributed by atoms with Crippen LogP contribution in [0.1, 0.15) is 13.3 Å². The molecule has 0 bridgehead atoms. The van der Waals surface area contributed by atoms with Crippen LogP contribution < -0.4 is 4.90 Å². The lowest BCUT2D eigenvalue weighted by Gasteiger charge is -2.24. The molecule has 0 aromatic carbocycles. The van der Waals surface area contributed by atoms with Crippen LogP contribution in [0.25, 0.3) is 5.69 Å². The highest BCUT2D eigenvalue weighted by molar-refractivity contribution is 6.32. The monoisotopic (exact) mass is 378 g/mol. The third kappa shape index (κ3) is 4.51. The van der Waals surface area contributed by atoms with Crippen LogP contribution >= 0.6 is 11.6 Å². The molecule has 0 saturated carbocycles. The van der Waals surface area contributed by atoms with Gasteiger partial charge in [-0.1, -0.05) is 11.6 Å². The first-order valence-corrected chi connectivity index (χ1v) is 8.61. The fraction of sp³-hybridized carbons (Fsp3) is 0.412. The van der Waals surface area contributed by atoms with E-state index in [1.54, 1.807) is 55.4 Å². The zero-order valence-corrected chi connectivity index (χ0v) is 16.1. The van der Waals surface area contributed by atoms with Gasteiger partial charge in [0.05, 0.1) is 18.1 Å². The predicted molar refractivity (Wildman–Crippen MR) is 101 cm³/mol. The Morgan fingerprint density at radius 1 is 1.27 bits per heavy atom. The number of hydrogen-bond acceptors (Lipinski definition) is 4. The van der Waals surface area contributed by atoms with Crippen LogP contribution in [0.5, 0.6) is 0 Å². The molecule has 140 valence electrons. The molecule has 0 N–H and O–H groups in total. The number of carbonyl (C=O) groups excluding carboxylic acids is 2. The van der Waals surface area contributed by atoms with Gasteiger partial charge in [-0.15, -0.1) is 0 Å². The Balaban J connectivity index is 2.12.